The number of rotatable bonds is 5. The number of fused-ring (bicyclic) bond motifs is 2. The van der Waals surface area contributed by atoms with Crippen LogP contribution in [0.3, 0.4) is 0 Å². The molecule has 0 radical (unpaired) electrons. The van der Waals surface area contributed by atoms with Gasteiger partial charge in [0.15, 0.2) is 5.65 Å². The molecule has 7 nitrogen and oxygen atoms in total. The molecule has 8 heteroatoms. The molecule has 1 amide bonds. The van der Waals surface area contributed by atoms with Gasteiger partial charge in [0.05, 0.1) is 29.8 Å². The average Bonchev–Trinajstić information content (AvgIpc) is 3.42. The normalized spacial score (nSPS) is 15.9. The van der Waals surface area contributed by atoms with Crippen LogP contribution in [0.4, 0.5) is 5.00 Å². The predicted molar refractivity (Wildman–Crippen MR) is 120 cm³/mol. The van der Waals surface area contributed by atoms with E-state index < -0.39 is 0 Å². The second kappa shape index (κ2) is 7.75. The highest BCUT2D eigenvalue weighted by molar-refractivity contribution is 7.17. The van der Waals surface area contributed by atoms with E-state index in [1.807, 2.05) is 10.7 Å². The van der Waals surface area contributed by atoms with Crippen molar-refractivity contribution in [2.24, 2.45) is 0 Å². The number of aryl methyl sites for hydroxylation is 1. The molecule has 162 valence electrons. The third kappa shape index (κ3) is 3.52. The van der Waals surface area contributed by atoms with Gasteiger partial charge in [-0.1, -0.05) is 0 Å². The molecule has 31 heavy (non-hydrogen) atoms. The Morgan fingerprint density at radius 3 is 2.74 bits per heavy atom. The summed E-state index contributed by atoms with van der Waals surface area (Å²) in [5.74, 6) is -0.214. The van der Waals surface area contributed by atoms with Gasteiger partial charge in [0.25, 0.3) is 5.91 Å². The van der Waals surface area contributed by atoms with Gasteiger partial charge in [-0.05, 0) is 64.0 Å². The van der Waals surface area contributed by atoms with Gasteiger partial charge in [0.1, 0.15) is 5.00 Å². The molecule has 0 bridgehead atoms. The summed E-state index contributed by atoms with van der Waals surface area (Å²) in [5.41, 5.74) is 3.79. The summed E-state index contributed by atoms with van der Waals surface area (Å²) < 4.78 is 6.90. The molecule has 1 fully saturated rings. The first-order chi connectivity index (χ1) is 15.0. The maximum atomic E-state index is 13.5. The van der Waals surface area contributed by atoms with Crippen LogP contribution in [0.2, 0.25) is 0 Å². The van der Waals surface area contributed by atoms with Gasteiger partial charge in [0, 0.05) is 22.5 Å². The molecule has 0 unspecified atom stereocenters. The average molecular weight is 439 g/mol. The van der Waals surface area contributed by atoms with Gasteiger partial charge in [-0.25, -0.2) is 14.5 Å². The molecule has 0 aromatic carbocycles. The van der Waals surface area contributed by atoms with Crippen LogP contribution in [0, 0.1) is 0 Å². The van der Waals surface area contributed by atoms with Gasteiger partial charge in [-0.15, -0.1) is 11.3 Å². The van der Waals surface area contributed by atoms with Crippen LogP contribution in [-0.2, 0) is 17.6 Å². The Bertz CT molecular complexity index is 1190. The highest BCUT2D eigenvalue weighted by Crippen LogP contribution is 2.41. The van der Waals surface area contributed by atoms with Crippen LogP contribution < -0.4 is 5.32 Å². The van der Waals surface area contributed by atoms with Crippen molar-refractivity contribution in [2.45, 2.75) is 64.3 Å². The lowest BCUT2D eigenvalue weighted by Crippen LogP contribution is -2.16. The number of aromatic nitrogens is 3. The molecule has 2 aliphatic carbocycles. The van der Waals surface area contributed by atoms with E-state index >= 15 is 0 Å². The number of amides is 1. The van der Waals surface area contributed by atoms with Gasteiger partial charge in [0.2, 0.25) is 0 Å². The minimum absolute atomic E-state index is 0.144. The topological polar surface area (TPSA) is 86.1 Å². The van der Waals surface area contributed by atoms with Crippen molar-refractivity contribution in [1.82, 2.24) is 14.8 Å². The van der Waals surface area contributed by atoms with E-state index in [0.29, 0.717) is 22.0 Å². The van der Waals surface area contributed by atoms with E-state index in [1.165, 1.54) is 23.3 Å². The van der Waals surface area contributed by atoms with E-state index in [0.717, 1.165) is 60.8 Å². The number of anilines is 1. The summed E-state index contributed by atoms with van der Waals surface area (Å²) in [5, 5.41) is 8.83. The van der Waals surface area contributed by atoms with Gasteiger partial charge in [-0.3, -0.25) is 4.79 Å². The number of nitrogens with one attached hydrogen (secondary N) is 1. The zero-order chi connectivity index (χ0) is 21.7. The van der Waals surface area contributed by atoms with E-state index in [4.69, 9.17) is 9.72 Å². The molecule has 3 aromatic heterocycles. The minimum Gasteiger partial charge on any atom is -0.465 e. The second-order valence-electron chi connectivity index (χ2n) is 8.65. The second-order valence-corrected chi connectivity index (χ2v) is 9.76. The highest BCUT2D eigenvalue weighted by Gasteiger charge is 2.30. The minimum atomic E-state index is -0.388. The Kier molecular flexibility index (Phi) is 5.04. The summed E-state index contributed by atoms with van der Waals surface area (Å²) >= 11 is 1.50. The molecule has 0 atom stereocenters. The Labute approximate surface area is 184 Å². The third-order valence-corrected chi connectivity index (χ3v) is 7.31. The number of methoxy groups -OCH3 is 1. The SMILES string of the molecule is COC(=O)c1c(NC(=O)c2cc(C3CC3)nc3c2cnn3C(C)C)sc2c1CCCC2. The first kappa shape index (κ1) is 20.2. The molecule has 3 heterocycles. The molecule has 2 aliphatic rings. The van der Waals surface area contributed by atoms with E-state index in [1.54, 1.807) is 6.20 Å². The van der Waals surface area contributed by atoms with Gasteiger partial charge in [-0.2, -0.15) is 5.10 Å². The van der Waals surface area contributed by atoms with Crippen LogP contribution in [0.25, 0.3) is 11.0 Å². The zero-order valence-corrected chi connectivity index (χ0v) is 18.8. The monoisotopic (exact) mass is 438 g/mol. The van der Waals surface area contributed by atoms with Crippen molar-refractivity contribution in [2.75, 3.05) is 12.4 Å². The van der Waals surface area contributed by atoms with Crippen LogP contribution in [0.15, 0.2) is 12.3 Å². The first-order valence-corrected chi connectivity index (χ1v) is 11.7. The van der Waals surface area contributed by atoms with Crippen molar-refractivity contribution < 1.29 is 14.3 Å². The molecule has 5 rings (SSSR count). The van der Waals surface area contributed by atoms with Gasteiger partial charge < -0.3 is 10.1 Å². The maximum Gasteiger partial charge on any atom is 0.341 e. The quantitative estimate of drug-likeness (QED) is 0.575. The summed E-state index contributed by atoms with van der Waals surface area (Å²) in [6.45, 7) is 4.10. The molecule has 0 aliphatic heterocycles. The summed E-state index contributed by atoms with van der Waals surface area (Å²) in [6, 6.07) is 2.04. The number of ether oxygens (including phenoxy) is 1. The zero-order valence-electron chi connectivity index (χ0n) is 18.0. The number of esters is 1. The number of carbonyl (C=O) groups excluding carboxylic acids is 2. The molecule has 0 spiro atoms. The van der Waals surface area contributed by atoms with Crippen molar-refractivity contribution >= 4 is 39.2 Å². The lowest BCUT2D eigenvalue weighted by molar-refractivity contribution is 0.0601. The smallest absolute Gasteiger partial charge is 0.341 e. The van der Waals surface area contributed by atoms with Crippen molar-refractivity contribution in [3.8, 4) is 0 Å². The van der Waals surface area contributed by atoms with Crippen molar-refractivity contribution in [1.29, 1.82) is 0 Å². The lowest BCUT2D eigenvalue weighted by Gasteiger charge is -2.12. The number of hydrogen-bond donors (Lipinski definition) is 1. The largest absolute Gasteiger partial charge is 0.465 e. The summed E-state index contributed by atoms with van der Waals surface area (Å²) in [6.07, 6.45) is 7.84. The lowest BCUT2D eigenvalue weighted by atomic mass is 9.95. The fourth-order valence-corrected chi connectivity index (χ4v) is 5.61. The molecule has 1 saturated carbocycles. The standard InChI is InChI=1S/C23H26N4O3S/c1-12(2)27-20-16(11-24-27)15(10-17(25-20)13-8-9-13)21(28)26-22-19(23(29)30-3)14-6-4-5-7-18(14)31-22/h10-13H,4-9H2,1-3H3,(H,26,28). The molecule has 1 N–H and O–H groups in total. The maximum absolute atomic E-state index is 13.5. The van der Waals surface area contributed by atoms with Crippen molar-refractivity contribution in [3.05, 3.63) is 39.5 Å². The van der Waals surface area contributed by atoms with E-state index in [2.05, 4.69) is 24.3 Å². The number of thiophene rings is 1. The van der Waals surface area contributed by atoms with Crippen LogP contribution in [0.1, 0.15) is 88.3 Å². The molecule has 0 saturated heterocycles. The summed E-state index contributed by atoms with van der Waals surface area (Å²) in [4.78, 5) is 32.0. The summed E-state index contributed by atoms with van der Waals surface area (Å²) in [7, 11) is 1.38. The van der Waals surface area contributed by atoms with Crippen LogP contribution in [-0.4, -0.2) is 33.8 Å². The molecular formula is C23H26N4O3S. The fourth-order valence-electron chi connectivity index (χ4n) is 4.33. The van der Waals surface area contributed by atoms with Gasteiger partial charge >= 0.3 is 5.97 Å². The number of hydrogen-bond acceptors (Lipinski definition) is 6. The Morgan fingerprint density at radius 1 is 1.26 bits per heavy atom. The molecular weight excluding hydrogens is 412 g/mol. The number of carbonyl (C=O) groups is 2. The number of pyridine rings is 1. The first-order valence-electron chi connectivity index (χ1n) is 10.9. The number of nitrogens with zero attached hydrogens (tertiary/aromatic N) is 3. The van der Waals surface area contributed by atoms with Crippen LogP contribution in [0.5, 0.6) is 0 Å². The Balaban J connectivity index is 1.57. The highest BCUT2D eigenvalue weighted by atomic mass is 32.1. The van der Waals surface area contributed by atoms with E-state index in [-0.39, 0.29) is 17.9 Å². The third-order valence-electron chi connectivity index (χ3n) is 6.10. The predicted octanol–water partition coefficient (Wildman–Crippen LogP) is 4.87. The Morgan fingerprint density at radius 2 is 2.03 bits per heavy atom. The fraction of sp³-hybridized carbons (Fsp3) is 0.478. The molecule has 3 aromatic rings. The van der Waals surface area contributed by atoms with Crippen molar-refractivity contribution in [3.63, 3.8) is 0 Å². The van der Waals surface area contributed by atoms with E-state index in [9.17, 15) is 9.59 Å². The Hall–Kier alpha value is -2.74. The van der Waals surface area contributed by atoms with Crippen LogP contribution >= 0.6 is 11.3 Å².